The number of hydrogen-bond acceptors (Lipinski definition) is 3. The standard InChI is InChI=1S/C17H14F4N2O2/c18-12-2-3-13(17(19,20)21)11(7-12)9-23-6-5-14-10(8-23)1-4-15(22-14)16(24)25/h1-4,7H,5-6,8-9H2,(H,24,25). The number of carbonyl (C=O) groups is 1. The predicted octanol–water partition coefficient (Wildman–Crippen LogP) is 3.50. The highest BCUT2D eigenvalue weighted by Crippen LogP contribution is 2.33. The predicted molar refractivity (Wildman–Crippen MR) is 80.4 cm³/mol. The van der Waals surface area contributed by atoms with E-state index in [1.165, 1.54) is 6.07 Å². The lowest BCUT2D eigenvalue weighted by Gasteiger charge is -2.29. The Hall–Kier alpha value is -2.48. The maximum Gasteiger partial charge on any atom is 0.416 e. The lowest BCUT2D eigenvalue weighted by atomic mass is 10.0. The number of rotatable bonds is 3. The minimum atomic E-state index is -4.55. The molecule has 0 saturated heterocycles. The van der Waals surface area contributed by atoms with Crippen LogP contribution in [0.15, 0.2) is 30.3 Å². The zero-order valence-electron chi connectivity index (χ0n) is 13.0. The Kier molecular flexibility index (Phi) is 4.47. The van der Waals surface area contributed by atoms with Crippen molar-refractivity contribution in [3.8, 4) is 0 Å². The van der Waals surface area contributed by atoms with Gasteiger partial charge in [0.25, 0.3) is 0 Å². The number of hydrogen-bond donors (Lipinski definition) is 1. The number of fused-ring (bicyclic) bond motifs is 1. The van der Waals surface area contributed by atoms with Crippen molar-refractivity contribution in [2.75, 3.05) is 6.54 Å². The van der Waals surface area contributed by atoms with Crippen LogP contribution in [0, 0.1) is 5.82 Å². The molecule has 0 spiro atoms. The van der Waals surface area contributed by atoms with Crippen LogP contribution in [0.3, 0.4) is 0 Å². The van der Waals surface area contributed by atoms with E-state index in [0.717, 1.165) is 23.8 Å². The van der Waals surface area contributed by atoms with Crippen LogP contribution >= 0.6 is 0 Å². The van der Waals surface area contributed by atoms with Gasteiger partial charge in [0.05, 0.1) is 5.56 Å². The number of pyridine rings is 1. The van der Waals surface area contributed by atoms with E-state index in [-0.39, 0.29) is 17.8 Å². The number of alkyl halides is 3. The van der Waals surface area contributed by atoms with Gasteiger partial charge in [-0.3, -0.25) is 4.90 Å². The van der Waals surface area contributed by atoms with Crippen LogP contribution < -0.4 is 0 Å². The molecule has 132 valence electrons. The molecule has 25 heavy (non-hydrogen) atoms. The third-order valence-electron chi connectivity index (χ3n) is 4.11. The van der Waals surface area contributed by atoms with Gasteiger partial charge in [0.15, 0.2) is 0 Å². The topological polar surface area (TPSA) is 53.4 Å². The Labute approximate surface area is 140 Å². The maximum absolute atomic E-state index is 13.4. The summed E-state index contributed by atoms with van der Waals surface area (Å²) in [6, 6.07) is 5.45. The van der Waals surface area contributed by atoms with E-state index in [2.05, 4.69) is 4.98 Å². The quantitative estimate of drug-likeness (QED) is 0.858. The Bertz CT molecular complexity index is 821. The summed E-state index contributed by atoms with van der Waals surface area (Å²) in [6.45, 7) is 0.694. The van der Waals surface area contributed by atoms with Crippen molar-refractivity contribution in [2.45, 2.75) is 25.7 Å². The molecule has 1 aromatic heterocycles. The van der Waals surface area contributed by atoms with E-state index >= 15 is 0 Å². The average molecular weight is 354 g/mol. The molecule has 1 aliphatic rings. The van der Waals surface area contributed by atoms with Gasteiger partial charge in [0.1, 0.15) is 11.5 Å². The highest BCUT2D eigenvalue weighted by Gasteiger charge is 2.34. The van der Waals surface area contributed by atoms with Gasteiger partial charge < -0.3 is 5.11 Å². The summed E-state index contributed by atoms with van der Waals surface area (Å²) >= 11 is 0. The molecule has 2 aromatic rings. The SMILES string of the molecule is O=C(O)c1ccc2c(n1)CCN(Cc1cc(F)ccc1C(F)(F)F)C2. The summed E-state index contributed by atoms with van der Waals surface area (Å²) in [7, 11) is 0. The number of halogens is 4. The molecular weight excluding hydrogens is 340 g/mol. The highest BCUT2D eigenvalue weighted by molar-refractivity contribution is 5.85. The molecule has 1 aliphatic heterocycles. The van der Waals surface area contributed by atoms with Gasteiger partial charge in [-0.1, -0.05) is 6.07 Å². The van der Waals surface area contributed by atoms with Crippen molar-refractivity contribution < 1.29 is 27.5 Å². The fraction of sp³-hybridized carbons (Fsp3) is 0.294. The molecule has 2 heterocycles. The van der Waals surface area contributed by atoms with Gasteiger partial charge in [-0.2, -0.15) is 13.2 Å². The summed E-state index contributed by atoms with van der Waals surface area (Å²) in [5.74, 6) is -1.84. The number of carboxylic acids is 1. The summed E-state index contributed by atoms with van der Waals surface area (Å²) < 4.78 is 52.7. The molecule has 3 rings (SSSR count). The largest absolute Gasteiger partial charge is 0.477 e. The lowest BCUT2D eigenvalue weighted by Crippen LogP contribution is -2.31. The Morgan fingerprint density at radius 3 is 2.68 bits per heavy atom. The van der Waals surface area contributed by atoms with Crippen LogP contribution in [-0.2, 0) is 25.7 Å². The molecule has 0 fully saturated rings. The molecule has 1 N–H and O–H groups in total. The van der Waals surface area contributed by atoms with Crippen LogP contribution in [-0.4, -0.2) is 27.5 Å². The Morgan fingerprint density at radius 2 is 2.00 bits per heavy atom. The van der Waals surface area contributed by atoms with Gasteiger partial charge in [-0.25, -0.2) is 14.2 Å². The third-order valence-corrected chi connectivity index (χ3v) is 4.11. The second kappa shape index (κ2) is 6.44. The molecule has 0 saturated carbocycles. The number of carboxylic acid groups (broad SMARTS) is 1. The van der Waals surface area contributed by atoms with Crippen molar-refractivity contribution in [2.24, 2.45) is 0 Å². The van der Waals surface area contributed by atoms with Crippen LogP contribution in [0.4, 0.5) is 17.6 Å². The minimum Gasteiger partial charge on any atom is -0.477 e. The van der Waals surface area contributed by atoms with Crippen molar-refractivity contribution in [3.63, 3.8) is 0 Å². The first-order valence-corrected chi connectivity index (χ1v) is 7.54. The van der Waals surface area contributed by atoms with Crippen molar-refractivity contribution in [3.05, 3.63) is 64.2 Å². The third kappa shape index (κ3) is 3.79. The van der Waals surface area contributed by atoms with Crippen LogP contribution in [0.25, 0.3) is 0 Å². The summed E-state index contributed by atoms with van der Waals surface area (Å²) in [5, 5.41) is 8.95. The minimum absolute atomic E-state index is 0.0489. The van der Waals surface area contributed by atoms with E-state index in [9.17, 15) is 22.4 Å². The first kappa shape index (κ1) is 17.3. The molecule has 0 bridgehead atoms. The molecule has 0 aliphatic carbocycles. The molecule has 0 amide bonds. The molecule has 8 heteroatoms. The molecular formula is C17H14F4N2O2. The van der Waals surface area contributed by atoms with E-state index < -0.39 is 23.5 Å². The molecule has 0 radical (unpaired) electrons. The maximum atomic E-state index is 13.4. The zero-order chi connectivity index (χ0) is 18.2. The molecule has 0 atom stereocenters. The van der Waals surface area contributed by atoms with E-state index in [0.29, 0.717) is 25.2 Å². The molecule has 0 unspecified atom stereocenters. The van der Waals surface area contributed by atoms with Gasteiger partial charge in [-0.05, 0) is 35.4 Å². The van der Waals surface area contributed by atoms with Gasteiger partial charge >= 0.3 is 12.1 Å². The number of aromatic carboxylic acids is 1. The smallest absolute Gasteiger partial charge is 0.416 e. The molecule has 1 aromatic carbocycles. The van der Waals surface area contributed by atoms with Gasteiger partial charge in [0, 0.05) is 31.7 Å². The molecule has 4 nitrogen and oxygen atoms in total. The zero-order valence-corrected chi connectivity index (χ0v) is 13.0. The van der Waals surface area contributed by atoms with Crippen molar-refractivity contribution in [1.82, 2.24) is 9.88 Å². The highest BCUT2D eigenvalue weighted by atomic mass is 19.4. The summed E-state index contributed by atoms with van der Waals surface area (Å²) in [6.07, 6.45) is -4.12. The summed E-state index contributed by atoms with van der Waals surface area (Å²) in [4.78, 5) is 16.8. The fourth-order valence-electron chi connectivity index (χ4n) is 2.94. The van der Waals surface area contributed by atoms with Crippen LogP contribution in [0.5, 0.6) is 0 Å². The van der Waals surface area contributed by atoms with Crippen LogP contribution in [0.2, 0.25) is 0 Å². The van der Waals surface area contributed by atoms with Gasteiger partial charge in [-0.15, -0.1) is 0 Å². The van der Waals surface area contributed by atoms with Crippen molar-refractivity contribution >= 4 is 5.97 Å². The first-order chi connectivity index (χ1) is 11.7. The number of aromatic nitrogens is 1. The van der Waals surface area contributed by atoms with Crippen molar-refractivity contribution in [1.29, 1.82) is 0 Å². The van der Waals surface area contributed by atoms with Crippen LogP contribution in [0.1, 0.15) is 32.9 Å². The fourth-order valence-corrected chi connectivity index (χ4v) is 2.94. The Morgan fingerprint density at radius 1 is 1.24 bits per heavy atom. The average Bonchev–Trinajstić information content (AvgIpc) is 2.53. The number of benzene rings is 1. The Balaban J connectivity index is 1.82. The lowest BCUT2D eigenvalue weighted by molar-refractivity contribution is -0.138. The van der Waals surface area contributed by atoms with E-state index in [1.54, 1.807) is 11.0 Å². The van der Waals surface area contributed by atoms with E-state index in [1.807, 2.05) is 0 Å². The van der Waals surface area contributed by atoms with E-state index in [4.69, 9.17) is 5.11 Å². The second-order valence-electron chi connectivity index (χ2n) is 5.87. The monoisotopic (exact) mass is 354 g/mol. The first-order valence-electron chi connectivity index (χ1n) is 7.54. The number of nitrogens with zero attached hydrogens (tertiary/aromatic N) is 2. The summed E-state index contributed by atoms with van der Waals surface area (Å²) in [5.41, 5.74) is 0.370. The van der Waals surface area contributed by atoms with Gasteiger partial charge in [0.2, 0.25) is 0 Å². The normalized spacial score (nSPS) is 15.0. The second-order valence-corrected chi connectivity index (χ2v) is 5.87.